The largest absolute Gasteiger partial charge is 0.351 e. The molecule has 1 aliphatic carbocycles. The van der Waals surface area contributed by atoms with Crippen LogP contribution in [0.15, 0.2) is 47.8 Å². The van der Waals surface area contributed by atoms with E-state index in [0.29, 0.717) is 18.8 Å². The Labute approximate surface area is 180 Å². The first kappa shape index (κ1) is 19.4. The van der Waals surface area contributed by atoms with Gasteiger partial charge < -0.3 is 14.8 Å². The molecule has 2 amide bonds. The molecule has 3 aromatic rings. The van der Waals surface area contributed by atoms with Crippen LogP contribution >= 0.6 is 11.3 Å². The van der Waals surface area contributed by atoms with Gasteiger partial charge in [0.1, 0.15) is 11.2 Å². The second kappa shape index (κ2) is 7.58. The van der Waals surface area contributed by atoms with E-state index >= 15 is 0 Å². The highest BCUT2D eigenvalue weighted by Crippen LogP contribution is 2.34. The third-order valence-electron chi connectivity index (χ3n) is 6.70. The number of hydrogen-bond donors (Lipinski definition) is 1. The lowest BCUT2D eigenvalue weighted by molar-refractivity contribution is -0.133. The number of nitrogens with one attached hydrogen (secondary N) is 1. The van der Waals surface area contributed by atoms with Crippen LogP contribution in [0, 0.1) is 0 Å². The van der Waals surface area contributed by atoms with E-state index in [2.05, 4.69) is 17.4 Å². The normalized spacial score (nSPS) is 21.9. The van der Waals surface area contributed by atoms with Crippen LogP contribution in [0.1, 0.15) is 48.7 Å². The van der Waals surface area contributed by atoms with E-state index in [4.69, 9.17) is 0 Å². The van der Waals surface area contributed by atoms with Crippen LogP contribution in [0.25, 0.3) is 10.2 Å². The highest BCUT2D eigenvalue weighted by molar-refractivity contribution is 7.17. The second-order valence-corrected chi connectivity index (χ2v) is 9.65. The first-order chi connectivity index (χ1) is 14.6. The SMILES string of the molecule is C[C@@]1(C(=O)NC2CCCC2)Cn2c(cc3sccc32)C(=O)N1CCc1ccccc1. The van der Waals surface area contributed by atoms with Crippen LogP contribution < -0.4 is 5.32 Å². The number of amides is 2. The molecule has 0 saturated heterocycles. The molecule has 0 unspecified atom stereocenters. The second-order valence-electron chi connectivity index (χ2n) is 8.71. The van der Waals surface area contributed by atoms with E-state index in [9.17, 15) is 9.59 Å². The Morgan fingerprint density at radius 2 is 1.97 bits per heavy atom. The van der Waals surface area contributed by atoms with E-state index in [-0.39, 0.29) is 17.9 Å². The maximum absolute atomic E-state index is 13.6. The first-order valence-corrected chi connectivity index (χ1v) is 11.7. The lowest BCUT2D eigenvalue weighted by Gasteiger charge is -2.44. The van der Waals surface area contributed by atoms with Crippen molar-refractivity contribution in [2.75, 3.05) is 6.54 Å². The molecule has 1 fully saturated rings. The maximum Gasteiger partial charge on any atom is 0.271 e. The lowest BCUT2D eigenvalue weighted by atomic mass is 9.93. The van der Waals surface area contributed by atoms with Crippen molar-refractivity contribution in [3.05, 3.63) is 59.1 Å². The Bertz CT molecular complexity index is 1080. The van der Waals surface area contributed by atoms with Gasteiger partial charge in [0.05, 0.1) is 16.8 Å². The fourth-order valence-corrected chi connectivity index (χ4v) is 5.74. The average Bonchev–Trinajstić information content (AvgIpc) is 3.47. The minimum Gasteiger partial charge on any atom is -0.351 e. The molecule has 1 aromatic carbocycles. The molecule has 3 heterocycles. The average molecular weight is 422 g/mol. The predicted octanol–water partition coefficient (Wildman–Crippen LogP) is 4.22. The molecule has 0 bridgehead atoms. The fraction of sp³-hybridized carbons (Fsp3) is 0.417. The van der Waals surface area contributed by atoms with E-state index in [0.717, 1.165) is 42.3 Å². The number of thiophene rings is 1. The summed E-state index contributed by atoms with van der Waals surface area (Å²) in [7, 11) is 0. The topological polar surface area (TPSA) is 54.3 Å². The zero-order chi connectivity index (χ0) is 20.7. The fourth-order valence-electron chi connectivity index (χ4n) is 4.92. The minimum atomic E-state index is -0.907. The van der Waals surface area contributed by atoms with Crippen molar-refractivity contribution in [1.29, 1.82) is 0 Å². The molecular formula is C24H27N3O2S. The number of carbonyl (C=O) groups excluding carboxylic acids is 2. The van der Waals surface area contributed by atoms with Gasteiger partial charge >= 0.3 is 0 Å². The molecule has 1 atom stereocenters. The van der Waals surface area contributed by atoms with Gasteiger partial charge in [-0.05, 0) is 49.3 Å². The zero-order valence-corrected chi connectivity index (χ0v) is 18.1. The van der Waals surface area contributed by atoms with Gasteiger partial charge in [-0.1, -0.05) is 43.2 Å². The summed E-state index contributed by atoms with van der Waals surface area (Å²) in [5.74, 6) is -0.0804. The van der Waals surface area contributed by atoms with Gasteiger partial charge in [-0.2, -0.15) is 0 Å². The third-order valence-corrected chi connectivity index (χ3v) is 7.55. The van der Waals surface area contributed by atoms with E-state index in [1.165, 1.54) is 5.56 Å². The van der Waals surface area contributed by atoms with Crippen molar-refractivity contribution in [1.82, 2.24) is 14.8 Å². The molecule has 1 N–H and O–H groups in total. The molecule has 5 rings (SSSR count). The Hall–Kier alpha value is -2.60. The van der Waals surface area contributed by atoms with Crippen molar-refractivity contribution >= 4 is 33.4 Å². The van der Waals surface area contributed by atoms with Gasteiger partial charge in [0, 0.05) is 12.6 Å². The number of aromatic nitrogens is 1. The Kier molecular flexibility index (Phi) is 4.89. The highest BCUT2D eigenvalue weighted by Gasteiger charge is 2.48. The van der Waals surface area contributed by atoms with Crippen molar-refractivity contribution in [3.63, 3.8) is 0 Å². The number of hydrogen-bond acceptors (Lipinski definition) is 3. The van der Waals surface area contributed by atoms with Crippen molar-refractivity contribution in [2.24, 2.45) is 0 Å². The summed E-state index contributed by atoms with van der Waals surface area (Å²) in [6, 6.07) is 14.4. The molecule has 30 heavy (non-hydrogen) atoms. The molecule has 2 aromatic heterocycles. The minimum absolute atomic E-state index is 0.0291. The van der Waals surface area contributed by atoms with E-state index in [1.54, 1.807) is 11.3 Å². The summed E-state index contributed by atoms with van der Waals surface area (Å²) in [6.45, 7) is 2.94. The number of benzene rings is 1. The van der Waals surface area contributed by atoms with Crippen LogP contribution in [0.4, 0.5) is 0 Å². The van der Waals surface area contributed by atoms with Crippen LogP contribution in [-0.4, -0.2) is 39.4 Å². The number of nitrogens with zero attached hydrogens (tertiary/aromatic N) is 2. The molecule has 5 nitrogen and oxygen atoms in total. The lowest BCUT2D eigenvalue weighted by Crippen LogP contribution is -2.65. The maximum atomic E-state index is 13.6. The predicted molar refractivity (Wildman–Crippen MR) is 120 cm³/mol. The quantitative estimate of drug-likeness (QED) is 0.671. The highest BCUT2D eigenvalue weighted by atomic mass is 32.1. The van der Waals surface area contributed by atoms with Crippen molar-refractivity contribution in [2.45, 2.75) is 57.2 Å². The van der Waals surface area contributed by atoms with Crippen LogP contribution in [0.5, 0.6) is 0 Å². The summed E-state index contributed by atoms with van der Waals surface area (Å²) in [5.41, 5.74) is 2.00. The monoisotopic (exact) mass is 421 g/mol. The van der Waals surface area contributed by atoms with E-state index in [1.807, 2.05) is 52.1 Å². The summed E-state index contributed by atoms with van der Waals surface area (Å²) < 4.78 is 3.14. The van der Waals surface area contributed by atoms with Gasteiger partial charge in [0.2, 0.25) is 5.91 Å². The van der Waals surface area contributed by atoms with Crippen LogP contribution in [0.3, 0.4) is 0 Å². The molecule has 1 aliphatic heterocycles. The van der Waals surface area contributed by atoms with Crippen LogP contribution in [0.2, 0.25) is 0 Å². The molecule has 2 aliphatic rings. The summed E-state index contributed by atoms with van der Waals surface area (Å²) >= 11 is 1.64. The van der Waals surface area contributed by atoms with Crippen molar-refractivity contribution in [3.8, 4) is 0 Å². The van der Waals surface area contributed by atoms with E-state index < -0.39 is 5.54 Å². The summed E-state index contributed by atoms with van der Waals surface area (Å²) in [5, 5.41) is 5.30. The van der Waals surface area contributed by atoms with Gasteiger partial charge in [-0.3, -0.25) is 9.59 Å². The van der Waals surface area contributed by atoms with Gasteiger partial charge in [0.25, 0.3) is 5.91 Å². The molecule has 0 radical (unpaired) electrons. The molecular weight excluding hydrogens is 394 g/mol. The molecule has 0 spiro atoms. The summed E-state index contributed by atoms with van der Waals surface area (Å²) in [6.07, 6.45) is 5.12. The molecule has 1 saturated carbocycles. The van der Waals surface area contributed by atoms with Gasteiger partial charge in [-0.25, -0.2) is 0 Å². The zero-order valence-electron chi connectivity index (χ0n) is 17.3. The molecule has 6 heteroatoms. The standard InChI is InChI=1S/C24H27N3O2S/c1-24(23(29)25-18-9-5-6-10-18)16-26-19-12-14-30-21(19)15-20(26)22(28)27(24)13-11-17-7-3-2-4-8-17/h2-4,7-8,12,14-15,18H,5-6,9-11,13,16H2,1H3,(H,25,29)/t24-/m0/s1. The van der Waals surface area contributed by atoms with Gasteiger partial charge in [-0.15, -0.1) is 11.3 Å². The molecule has 156 valence electrons. The van der Waals surface area contributed by atoms with Gasteiger partial charge in [0.15, 0.2) is 0 Å². The Morgan fingerprint density at radius 3 is 2.73 bits per heavy atom. The Morgan fingerprint density at radius 1 is 1.20 bits per heavy atom. The number of fused-ring (bicyclic) bond motifs is 3. The summed E-state index contributed by atoms with van der Waals surface area (Å²) in [4.78, 5) is 28.9. The Balaban J connectivity index is 1.49. The number of carbonyl (C=O) groups is 2. The third kappa shape index (κ3) is 3.23. The van der Waals surface area contributed by atoms with Crippen LogP contribution in [-0.2, 0) is 17.8 Å². The van der Waals surface area contributed by atoms with Crippen molar-refractivity contribution < 1.29 is 9.59 Å². The first-order valence-electron chi connectivity index (χ1n) is 10.8. The smallest absolute Gasteiger partial charge is 0.271 e. The number of rotatable bonds is 5.